The Morgan fingerprint density at radius 1 is 1.00 bits per heavy atom. The summed E-state index contributed by atoms with van der Waals surface area (Å²) in [5.74, 6) is 0.659. The van der Waals surface area contributed by atoms with E-state index in [0.29, 0.717) is 5.92 Å². The third-order valence-corrected chi connectivity index (χ3v) is 5.82. The SMILES string of the molecule is O=C(c1ccccc1[C@@H]1CCNC1)N1CCN(C/C=C/c2ccccc2)CC1. The number of carbonyl (C=O) groups is 1. The first kappa shape index (κ1) is 18.9. The quantitative estimate of drug-likeness (QED) is 0.872. The molecule has 2 saturated heterocycles. The molecule has 0 spiro atoms. The monoisotopic (exact) mass is 375 g/mol. The zero-order valence-electron chi connectivity index (χ0n) is 16.4. The molecule has 0 unspecified atom stereocenters. The molecule has 4 heteroatoms. The van der Waals surface area contributed by atoms with Crippen LogP contribution in [0.25, 0.3) is 6.08 Å². The molecule has 1 atom stereocenters. The summed E-state index contributed by atoms with van der Waals surface area (Å²) in [5.41, 5.74) is 3.34. The van der Waals surface area contributed by atoms with Crippen LogP contribution in [-0.2, 0) is 0 Å². The second kappa shape index (κ2) is 9.18. The van der Waals surface area contributed by atoms with Crippen molar-refractivity contribution in [3.8, 4) is 0 Å². The number of carbonyl (C=O) groups excluding carboxylic acids is 1. The number of benzene rings is 2. The lowest BCUT2D eigenvalue weighted by molar-refractivity contribution is 0.0649. The van der Waals surface area contributed by atoms with Gasteiger partial charge in [-0.1, -0.05) is 60.7 Å². The van der Waals surface area contributed by atoms with Gasteiger partial charge in [0.15, 0.2) is 0 Å². The summed E-state index contributed by atoms with van der Waals surface area (Å²) in [4.78, 5) is 17.6. The fraction of sp³-hybridized carbons (Fsp3) is 0.375. The molecule has 4 nitrogen and oxygen atoms in total. The lowest BCUT2D eigenvalue weighted by Gasteiger charge is -2.34. The van der Waals surface area contributed by atoms with Crippen molar-refractivity contribution in [2.24, 2.45) is 0 Å². The van der Waals surface area contributed by atoms with Gasteiger partial charge in [-0.3, -0.25) is 9.69 Å². The maximum Gasteiger partial charge on any atom is 0.254 e. The van der Waals surface area contributed by atoms with Crippen LogP contribution in [0.1, 0.15) is 33.8 Å². The van der Waals surface area contributed by atoms with Crippen LogP contribution in [0, 0.1) is 0 Å². The van der Waals surface area contributed by atoms with Gasteiger partial charge in [0, 0.05) is 44.8 Å². The largest absolute Gasteiger partial charge is 0.336 e. The van der Waals surface area contributed by atoms with E-state index in [2.05, 4.69) is 58.8 Å². The van der Waals surface area contributed by atoms with Crippen molar-refractivity contribution in [2.45, 2.75) is 12.3 Å². The highest BCUT2D eigenvalue weighted by Gasteiger charge is 2.26. The van der Waals surface area contributed by atoms with Crippen LogP contribution >= 0.6 is 0 Å². The van der Waals surface area contributed by atoms with Gasteiger partial charge in [-0.05, 0) is 36.1 Å². The molecule has 0 radical (unpaired) electrons. The predicted molar refractivity (Wildman–Crippen MR) is 114 cm³/mol. The first-order valence-electron chi connectivity index (χ1n) is 10.3. The van der Waals surface area contributed by atoms with Gasteiger partial charge >= 0.3 is 0 Å². The van der Waals surface area contributed by atoms with Crippen LogP contribution < -0.4 is 5.32 Å². The van der Waals surface area contributed by atoms with E-state index in [0.717, 1.165) is 57.8 Å². The molecular weight excluding hydrogens is 346 g/mol. The Morgan fingerprint density at radius 2 is 1.75 bits per heavy atom. The molecule has 0 aliphatic carbocycles. The number of hydrogen-bond donors (Lipinski definition) is 1. The fourth-order valence-corrected chi connectivity index (χ4v) is 4.17. The summed E-state index contributed by atoms with van der Waals surface area (Å²) in [6.07, 6.45) is 5.50. The van der Waals surface area contributed by atoms with Gasteiger partial charge in [0.1, 0.15) is 0 Å². The molecule has 146 valence electrons. The summed E-state index contributed by atoms with van der Waals surface area (Å²) in [5, 5.41) is 3.42. The molecule has 2 heterocycles. The molecule has 2 aliphatic heterocycles. The molecule has 2 fully saturated rings. The summed E-state index contributed by atoms with van der Waals surface area (Å²) >= 11 is 0. The standard InChI is InChI=1S/C24H29N3O/c28-24(23-11-5-4-10-22(23)21-12-13-25-19-21)27-17-15-26(16-18-27)14-6-9-20-7-2-1-3-8-20/h1-11,21,25H,12-19H2/b9-6+/t21-/m1/s1. The summed E-state index contributed by atoms with van der Waals surface area (Å²) in [7, 11) is 0. The Bertz CT molecular complexity index is 804. The molecule has 2 aliphatic rings. The third-order valence-electron chi connectivity index (χ3n) is 5.82. The van der Waals surface area contributed by atoms with Crippen molar-refractivity contribution in [2.75, 3.05) is 45.8 Å². The first-order chi connectivity index (χ1) is 13.8. The fourth-order valence-electron chi connectivity index (χ4n) is 4.17. The predicted octanol–water partition coefficient (Wildman–Crippen LogP) is 3.23. The maximum atomic E-state index is 13.2. The van der Waals surface area contributed by atoms with Crippen molar-refractivity contribution < 1.29 is 4.79 Å². The average molecular weight is 376 g/mol. The average Bonchev–Trinajstić information content (AvgIpc) is 3.29. The Hall–Kier alpha value is -2.43. The van der Waals surface area contributed by atoms with Crippen LogP contribution in [-0.4, -0.2) is 61.5 Å². The number of nitrogens with zero attached hydrogens (tertiary/aromatic N) is 2. The van der Waals surface area contributed by atoms with Crippen molar-refractivity contribution in [1.29, 1.82) is 0 Å². The Morgan fingerprint density at radius 3 is 2.50 bits per heavy atom. The van der Waals surface area contributed by atoms with E-state index in [1.165, 1.54) is 11.1 Å². The van der Waals surface area contributed by atoms with E-state index in [4.69, 9.17) is 0 Å². The topological polar surface area (TPSA) is 35.6 Å². The highest BCUT2D eigenvalue weighted by Crippen LogP contribution is 2.26. The molecule has 1 amide bonds. The lowest BCUT2D eigenvalue weighted by Crippen LogP contribution is -2.48. The van der Waals surface area contributed by atoms with Crippen LogP contribution in [0.3, 0.4) is 0 Å². The van der Waals surface area contributed by atoms with Gasteiger partial charge in [0.05, 0.1) is 0 Å². The third kappa shape index (κ3) is 4.51. The minimum atomic E-state index is 0.196. The van der Waals surface area contributed by atoms with Crippen LogP contribution in [0.15, 0.2) is 60.7 Å². The minimum absolute atomic E-state index is 0.196. The summed E-state index contributed by atoms with van der Waals surface area (Å²) in [6, 6.07) is 18.6. The van der Waals surface area contributed by atoms with Gasteiger partial charge in [0.25, 0.3) is 5.91 Å². The van der Waals surface area contributed by atoms with Crippen molar-refractivity contribution in [3.05, 3.63) is 77.4 Å². The van der Waals surface area contributed by atoms with E-state index in [9.17, 15) is 4.79 Å². The molecule has 2 aromatic rings. The number of amides is 1. The summed E-state index contributed by atoms with van der Waals surface area (Å²) in [6.45, 7) is 6.41. The zero-order chi connectivity index (χ0) is 19.2. The smallest absolute Gasteiger partial charge is 0.254 e. The van der Waals surface area contributed by atoms with Gasteiger partial charge in [-0.2, -0.15) is 0 Å². The second-order valence-corrected chi connectivity index (χ2v) is 7.68. The van der Waals surface area contributed by atoms with E-state index in [1.54, 1.807) is 0 Å². The second-order valence-electron chi connectivity index (χ2n) is 7.68. The summed E-state index contributed by atoms with van der Waals surface area (Å²) < 4.78 is 0. The molecule has 0 aromatic heterocycles. The number of nitrogens with one attached hydrogen (secondary N) is 1. The Kier molecular flexibility index (Phi) is 6.20. The maximum absolute atomic E-state index is 13.2. The molecule has 2 aromatic carbocycles. The van der Waals surface area contributed by atoms with E-state index < -0.39 is 0 Å². The number of hydrogen-bond acceptors (Lipinski definition) is 3. The molecule has 1 N–H and O–H groups in total. The van der Waals surface area contributed by atoms with E-state index in [-0.39, 0.29) is 5.91 Å². The lowest BCUT2D eigenvalue weighted by atomic mass is 9.93. The van der Waals surface area contributed by atoms with Gasteiger partial charge in [-0.25, -0.2) is 0 Å². The Balaban J connectivity index is 1.33. The number of piperazine rings is 1. The van der Waals surface area contributed by atoms with E-state index in [1.807, 2.05) is 23.1 Å². The van der Waals surface area contributed by atoms with Crippen LogP contribution in [0.2, 0.25) is 0 Å². The van der Waals surface area contributed by atoms with Gasteiger partial charge in [0.2, 0.25) is 0 Å². The molecular formula is C24H29N3O. The van der Waals surface area contributed by atoms with Crippen LogP contribution in [0.4, 0.5) is 0 Å². The first-order valence-corrected chi connectivity index (χ1v) is 10.3. The van der Waals surface area contributed by atoms with Crippen molar-refractivity contribution >= 4 is 12.0 Å². The highest BCUT2D eigenvalue weighted by atomic mass is 16.2. The van der Waals surface area contributed by atoms with E-state index >= 15 is 0 Å². The minimum Gasteiger partial charge on any atom is -0.336 e. The van der Waals surface area contributed by atoms with Gasteiger partial charge < -0.3 is 10.2 Å². The molecule has 28 heavy (non-hydrogen) atoms. The van der Waals surface area contributed by atoms with Crippen molar-refractivity contribution in [3.63, 3.8) is 0 Å². The normalized spacial score (nSPS) is 20.7. The zero-order valence-corrected chi connectivity index (χ0v) is 16.4. The molecule has 4 rings (SSSR count). The molecule has 0 saturated carbocycles. The Labute approximate surface area is 167 Å². The highest BCUT2D eigenvalue weighted by molar-refractivity contribution is 5.96. The number of rotatable bonds is 5. The van der Waals surface area contributed by atoms with Gasteiger partial charge in [-0.15, -0.1) is 0 Å². The molecule has 0 bridgehead atoms. The van der Waals surface area contributed by atoms with Crippen molar-refractivity contribution in [1.82, 2.24) is 15.1 Å². The van der Waals surface area contributed by atoms with Crippen LogP contribution in [0.5, 0.6) is 0 Å².